The van der Waals surface area contributed by atoms with E-state index in [1.165, 1.54) is 0 Å². The smallest absolute Gasteiger partial charge is 0.243 e. The van der Waals surface area contributed by atoms with Crippen molar-refractivity contribution < 1.29 is 19.1 Å². The molecule has 1 heterocycles. The molecular formula is C29H35ClN4O4. The van der Waals surface area contributed by atoms with Gasteiger partial charge < -0.3 is 20.7 Å². The zero-order chi connectivity index (χ0) is 27.0. The van der Waals surface area contributed by atoms with Crippen molar-refractivity contribution in [1.82, 2.24) is 21.3 Å². The number of rotatable bonds is 2. The average molecular weight is 539 g/mol. The summed E-state index contributed by atoms with van der Waals surface area (Å²) in [4.78, 5) is 39.6. The molecule has 38 heavy (non-hydrogen) atoms. The summed E-state index contributed by atoms with van der Waals surface area (Å²) in [7, 11) is 0. The SMILES string of the molecule is C[C@@H]1NC(=O)C2(CCCC2)NCCOc2ccccc2/C=C/CNC(=O)[C@H](Cc2cccc(Cl)c2)NC1=O. The molecule has 4 rings (SSSR count). The van der Waals surface area contributed by atoms with E-state index in [-0.39, 0.29) is 24.8 Å². The highest BCUT2D eigenvalue weighted by Gasteiger charge is 2.41. The third-order valence-corrected chi connectivity index (χ3v) is 7.26. The Kier molecular flexibility index (Phi) is 9.42. The van der Waals surface area contributed by atoms with E-state index in [2.05, 4.69) is 21.3 Å². The minimum absolute atomic E-state index is 0.210. The van der Waals surface area contributed by atoms with Gasteiger partial charge in [0.1, 0.15) is 24.4 Å². The van der Waals surface area contributed by atoms with Gasteiger partial charge in [-0.15, -0.1) is 0 Å². The molecule has 1 aliphatic carbocycles. The highest BCUT2D eigenvalue weighted by Crippen LogP contribution is 2.30. The van der Waals surface area contributed by atoms with Gasteiger partial charge in [0.2, 0.25) is 17.7 Å². The Morgan fingerprint density at radius 1 is 1.00 bits per heavy atom. The fourth-order valence-corrected chi connectivity index (χ4v) is 5.15. The number of fused-ring (bicyclic) bond motifs is 1. The molecule has 0 unspecified atom stereocenters. The topological polar surface area (TPSA) is 109 Å². The van der Waals surface area contributed by atoms with Crippen LogP contribution in [0.2, 0.25) is 5.02 Å². The first-order valence-electron chi connectivity index (χ1n) is 13.1. The molecule has 3 amide bonds. The second-order valence-corrected chi connectivity index (χ2v) is 10.3. The van der Waals surface area contributed by atoms with Gasteiger partial charge in [-0.2, -0.15) is 0 Å². The molecule has 0 saturated heterocycles. The lowest BCUT2D eigenvalue weighted by molar-refractivity contribution is -0.134. The lowest BCUT2D eigenvalue weighted by atomic mass is 9.95. The molecule has 1 aliphatic heterocycles. The standard InChI is InChI=1S/C29H35ClN4O4/c1-20-26(35)34-24(19-21-8-6-11-23(30)18-21)27(36)31-15-7-10-22-9-2-3-12-25(22)38-17-16-32-29(28(37)33-20)13-4-5-14-29/h2-3,6-12,18,20,24,32H,4-5,13-17,19H2,1H3,(H,31,36)(H,33,37)(H,34,35)/b10-7+/t20-,24-/m0/s1. The fraction of sp³-hybridized carbons (Fsp3) is 0.414. The molecule has 0 radical (unpaired) electrons. The summed E-state index contributed by atoms with van der Waals surface area (Å²) in [5, 5.41) is 12.5. The quantitative estimate of drug-likeness (QED) is 0.470. The number of carbonyl (C=O) groups is 3. The number of benzene rings is 2. The average Bonchev–Trinajstić information content (AvgIpc) is 3.39. The van der Waals surface area contributed by atoms with Crippen molar-refractivity contribution in [1.29, 1.82) is 0 Å². The Morgan fingerprint density at radius 2 is 1.79 bits per heavy atom. The van der Waals surface area contributed by atoms with Crippen molar-refractivity contribution in [3.8, 4) is 5.75 Å². The lowest BCUT2D eigenvalue weighted by Gasteiger charge is -2.31. The van der Waals surface area contributed by atoms with Crippen LogP contribution in [-0.2, 0) is 20.8 Å². The molecule has 9 heteroatoms. The Bertz CT molecular complexity index is 1180. The number of amides is 3. The molecule has 1 fully saturated rings. The first-order valence-corrected chi connectivity index (χ1v) is 13.5. The lowest BCUT2D eigenvalue weighted by Crippen LogP contribution is -2.60. The van der Waals surface area contributed by atoms with Gasteiger partial charge in [-0.3, -0.25) is 19.7 Å². The zero-order valence-electron chi connectivity index (χ0n) is 21.6. The summed E-state index contributed by atoms with van der Waals surface area (Å²) >= 11 is 6.14. The van der Waals surface area contributed by atoms with Crippen LogP contribution in [0.4, 0.5) is 0 Å². The minimum Gasteiger partial charge on any atom is -0.492 e. The maximum absolute atomic E-state index is 13.4. The first kappa shape index (κ1) is 27.7. The van der Waals surface area contributed by atoms with Crippen LogP contribution in [-0.4, -0.2) is 55.0 Å². The molecule has 2 atom stereocenters. The summed E-state index contributed by atoms with van der Waals surface area (Å²) < 4.78 is 6.02. The third-order valence-electron chi connectivity index (χ3n) is 7.03. The van der Waals surface area contributed by atoms with Crippen molar-refractivity contribution >= 4 is 35.4 Å². The van der Waals surface area contributed by atoms with Crippen molar-refractivity contribution in [2.24, 2.45) is 0 Å². The van der Waals surface area contributed by atoms with Gasteiger partial charge >= 0.3 is 0 Å². The Balaban J connectivity index is 1.58. The molecule has 2 aromatic rings. The first-order chi connectivity index (χ1) is 18.4. The van der Waals surface area contributed by atoms with E-state index < -0.39 is 23.5 Å². The van der Waals surface area contributed by atoms with E-state index in [0.717, 1.165) is 29.7 Å². The van der Waals surface area contributed by atoms with Crippen LogP contribution in [0, 0.1) is 0 Å². The number of carbonyl (C=O) groups excluding carboxylic acids is 3. The minimum atomic E-state index is -0.846. The van der Waals surface area contributed by atoms with Gasteiger partial charge in [-0.25, -0.2) is 0 Å². The van der Waals surface area contributed by atoms with Gasteiger partial charge in [0, 0.05) is 30.1 Å². The van der Waals surface area contributed by atoms with E-state index in [4.69, 9.17) is 16.3 Å². The van der Waals surface area contributed by atoms with Gasteiger partial charge in [0.15, 0.2) is 0 Å². The van der Waals surface area contributed by atoms with Gasteiger partial charge in [0.25, 0.3) is 0 Å². The van der Waals surface area contributed by atoms with Crippen molar-refractivity contribution in [3.05, 3.63) is 70.8 Å². The second kappa shape index (κ2) is 12.9. The van der Waals surface area contributed by atoms with E-state index in [1.54, 1.807) is 25.1 Å². The van der Waals surface area contributed by atoms with Gasteiger partial charge in [-0.1, -0.05) is 66.9 Å². The zero-order valence-corrected chi connectivity index (χ0v) is 22.4. The number of hydrogen-bond acceptors (Lipinski definition) is 5. The molecule has 1 saturated carbocycles. The summed E-state index contributed by atoms with van der Waals surface area (Å²) in [5.74, 6) is -0.246. The molecular weight excluding hydrogens is 504 g/mol. The second-order valence-electron chi connectivity index (χ2n) is 9.84. The van der Waals surface area contributed by atoms with Crippen LogP contribution >= 0.6 is 11.6 Å². The number of ether oxygens (including phenoxy) is 1. The van der Waals surface area contributed by atoms with Gasteiger partial charge in [-0.05, 0) is 43.5 Å². The van der Waals surface area contributed by atoms with E-state index in [1.807, 2.05) is 42.5 Å². The van der Waals surface area contributed by atoms with Crippen molar-refractivity contribution in [2.75, 3.05) is 19.7 Å². The molecule has 1 spiro atoms. The fourth-order valence-electron chi connectivity index (χ4n) is 4.94. The Labute approximate surface area is 228 Å². The normalized spacial score (nSPS) is 23.7. The summed E-state index contributed by atoms with van der Waals surface area (Å²) in [6.45, 7) is 2.78. The molecule has 2 aromatic carbocycles. The van der Waals surface area contributed by atoms with Gasteiger partial charge in [0.05, 0.1) is 5.54 Å². The van der Waals surface area contributed by atoms with E-state index in [9.17, 15) is 14.4 Å². The number of nitrogens with one attached hydrogen (secondary N) is 4. The van der Waals surface area contributed by atoms with E-state index in [0.29, 0.717) is 31.0 Å². The highest BCUT2D eigenvalue weighted by atomic mass is 35.5. The Hall–Kier alpha value is -3.36. The summed E-state index contributed by atoms with van der Waals surface area (Å²) in [5.41, 5.74) is 0.946. The largest absolute Gasteiger partial charge is 0.492 e. The molecule has 2 aliphatic rings. The van der Waals surface area contributed by atoms with Crippen molar-refractivity contribution in [2.45, 2.75) is 56.7 Å². The molecule has 8 nitrogen and oxygen atoms in total. The summed E-state index contributed by atoms with van der Waals surface area (Å²) in [6, 6.07) is 13.2. The predicted molar refractivity (Wildman–Crippen MR) is 148 cm³/mol. The Morgan fingerprint density at radius 3 is 2.58 bits per heavy atom. The molecule has 0 aromatic heterocycles. The molecule has 0 bridgehead atoms. The summed E-state index contributed by atoms with van der Waals surface area (Å²) in [6.07, 6.45) is 7.22. The van der Waals surface area contributed by atoms with E-state index >= 15 is 0 Å². The van der Waals surface area contributed by atoms with Crippen LogP contribution < -0.4 is 26.0 Å². The maximum atomic E-state index is 13.4. The van der Waals surface area contributed by atoms with Crippen LogP contribution in [0.5, 0.6) is 5.75 Å². The predicted octanol–water partition coefficient (Wildman–Crippen LogP) is 3.00. The van der Waals surface area contributed by atoms with Crippen molar-refractivity contribution in [3.63, 3.8) is 0 Å². The third kappa shape index (κ3) is 7.14. The van der Waals surface area contributed by atoms with Crippen LogP contribution in [0.3, 0.4) is 0 Å². The number of hydrogen-bond donors (Lipinski definition) is 4. The number of para-hydroxylation sites is 1. The van der Waals surface area contributed by atoms with Crippen LogP contribution in [0.1, 0.15) is 43.7 Å². The monoisotopic (exact) mass is 538 g/mol. The van der Waals surface area contributed by atoms with Crippen LogP contribution in [0.15, 0.2) is 54.6 Å². The van der Waals surface area contributed by atoms with Crippen LogP contribution in [0.25, 0.3) is 6.08 Å². The molecule has 202 valence electrons. The maximum Gasteiger partial charge on any atom is 0.243 e. The highest BCUT2D eigenvalue weighted by molar-refractivity contribution is 6.30. The molecule has 4 N–H and O–H groups in total. The number of halogens is 1.